The second-order valence-electron chi connectivity index (χ2n) is 5.21. The van der Waals surface area contributed by atoms with Crippen LogP contribution in [-0.4, -0.2) is 40.6 Å². The van der Waals surface area contributed by atoms with Gasteiger partial charge in [-0.3, -0.25) is 4.79 Å². The van der Waals surface area contributed by atoms with E-state index < -0.39 is 23.9 Å². The van der Waals surface area contributed by atoms with Crippen molar-refractivity contribution in [3.63, 3.8) is 0 Å². The van der Waals surface area contributed by atoms with Crippen molar-refractivity contribution in [2.24, 2.45) is 0 Å². The van der Waals surface area contributed by atoms with Crippen molar-refractivity contribution in [3.05, 3.63) is 34.1 Å². The van der Waals surface area contributed by atoms with Gasteiger partial charge >= 0.3 is 5.97 Å². The molecule has 112 valence electrons. The Labute approximate surface area is 128 Å². The Morgan fingerprint density at radius 1 is 1.43 bits per heavy atom. The Morgan fingerprint density at radius 3 is 2.76 bits per heavy atom. The SMILES string of the molecule is O=C(O)C1OCC(=O)N(C2CC2)C1c1cc(F)ccc1Br. The molecule has 1 aromatic carbocycles. The number of ether oxygens (including phenoxy) is 1. The molecule has 7 heteroatoms. The highest BCUT2D eigenvalue weighted by molar-refractivity contribution is 9.10. The van der Waals surface area contributed by atoms with Crippen molar-refractivity contribution in [2.75, 3.05) is 6.61 Å². The van der Waals surface area contributed by atoms with Gasteiger partial charge in [0.25, 0.3) is 0 Å². The highest BCUT2D eigenvalue weighted by Crippen LogP contribution is 2.41. The summed E-state index contributed by atoms with van der Waals surface area (Å²) < 4.78 is 19.3. The fraction of sp³-hybridized carbons (Fsp3) is 0.429. The maximum atomic E-state index is 13.6. The van der Waals surface area contributed by atoms with Gasteiger partial charge in [-0.25, -0.2) is 9.18 Å². The van der Waals surface area contributed by atoms with Crippen molar-refractivity contribution in [3.8, 4) is 0 Å². The van der Waals surface area contributed by atoms with Crippen molar-refractivity contribution in [1.29, 1.82) is 0 Å². The summed E-state index contributed by atoms with van der Waals surface area (Å²) in [6.45, 7) is -0.253. The lowest BCUT2D eigenvalue weighted by atomic mass is 9.97. The van der Waals surface area contributed by atoms with E-state index in [1.165, 1.54) is 18.2 Å². The summed E-state index contributed by atoms with van der Waals surface area (Å²) in [4.78, 5) is 25.1. The number of hydrogen-bond donors (Lipinski definition) is 1. The van der Waals surface area contributed by atoms with E-state index in [0.717, 1.165) is 12.8 Å². The van der Waals surface area contributed by atoms with E-state index in [1.54, 1.807) is 4.90 Å². The molecule has 1 amide bonds. The first-order valence-corrected chi connectivity index (χ1v) is 7.39. The molecule has 5 nitrogen and oxygen atoms in total. The van der Waals surface area contributed by atoms with E-state index in [-0.39, 0.29) is 18.6 Å². The molecule has 2 atom stereocenters. The zero-order valence-electron chi connectivity index (χ0n) is 11.0. The second-order valence-corrected chi connectivity index (χ2v) is 6.07. The summed E-state index contributed by atoms with van der Waals surface area (Å²) in [5.74, 6) is -1.89. The zero-order chi connectivity index (χ0) is 15.1. The predicted octanol–water partition coefficient (Wildman–Crippen LogP) is 2.10. The molecule has 2 unspecified atom stereocenters. The maximum absolute atomic E-state index is 13.6. The molecule has 0 aromatic heterocycles. The molecule has 0 bridgehead atoms. The Hall–Kier alpha value is -1.47. The van der Waals surface area contributed by atoms with Crippen LogP contribution >= 0.6 is 15.9 Å². The predicted molar refractivity (Wildman–Crippen MR) is 74.1 cm³/mol. The van der Waals surface area contributed by atoms with E-state index in [9.17, 15) is 19.1 Å². The minimum atomic E-state index is -1.19. The van der Waals surface area contributed by atoms with Gasteiger partial charge < -0.3 is 14.7 Å². The van der Waals surface area contributed by atoms with Crippen LogP contribution in [0.2, 0.25) is 0 Å². The average Bonchev–Trinajstić information content (AvgIpc) is 3.25. The number of carbonyl (C=O) groups excluding carboxylic acids is 1. The fourth-order valence-electron chi connectivity index (χ4n) is 2.67. The van der Waals surface area contributed by atoms with Gasteiger partial charge in [0.05, 0.1) is 6.04 Å². The van der Waals surface area contributed by atoms with Crippen molar-refractivity contribution >= 4 is 27.8 Å². The van der Waals surface area contributed by atoms with Crippen LogP contribution in [0.4, 0.5) is 4.39 Å². The summed E-state index contributed by atoms with van der Waals surface area (Å²) in [6.07, 6.45) is 0.477. The van der Waals surface area contributed by atoms with Crippen LogP contribution in [0.3, 0.4) is 0 Å². The second kappa shape index (κ2) is 5.38. The molecule has 1 aromatic rings. The van der Waals surface area contributed by atoms with Gasteiger partial charge in [0.2, 0.25) is 5.91 Å². The molecule has 2 aliphatic rings. The number of halogens is 2. The minimum absolute atomic E-state index is 0.0171. The number of amides is 1. The Balaban J connectivity index is 2.08. The lowest BCUT2D eigenvalue weighted by Gasteiger charge is -2.40. The number of nitrogens with zero attached hydrogens (tertiary/aromatic N) is 1. The van der Waals surface area contributed by atoms with E-state index in [2.05, 4.69) is 15.9 Å². The van der Waals surface area contributed by atoms with Crippen LogP contribution in [0.15, 0.2) is 22.7 Å². The minimum Gasteiger partial charge on any atom is -0.479 e. The third kappa shape index (κ3) is 2.67. The number of rotatable bonds is 3. The Kier molecular flexibility index (Phi) is 3.71. The number of hydrogen-bond acceptors (Lipinski definition) is 3. The van der Waals surface area contributed by atoms with Crippen LogP contribution in [-0.2, 0) is 14.3 Å². The summed E-state index contributed by atoms with van der Waals surface area (Å²) in [7, 11) is 0. The number of morpholine rings is 1. The normalized spacial score (nSPS) is 26.0. The van der Waals surface area contributed by atoms with Crippen LogP contribution in [0.25, 0.3) is 0 Å². The number of carboxylic acids is 1. The van der Waals surface area contributed by atoms with Crippen LogP contribution in [0, 0.1) is 5.82 Å². The highest BCUT2D eigenvalue weighted by Gasteiger charge is 2.48. The smallest absolute Gasteiger partial charge is 0.335 e. The zero-order valence-corrected chi connectivity index (χ0v) is 12.5. The van der Waals surface area contributed by atoms with Crippen LogP contribution < -0.4 is 0 Å². The fourth-order valence-corrected chi connectivity index (χ4v) is 3.15. The van der Waals surface area contributed by atoms with Gasteiger partial charge in [-0.1, -0.05) is 15.9 Å². The molecule has 2 fully saturated rings. The number of carbonyl (C=O) groups is 2. The Bertz CT molecular complexity index is 605. The third-order valence-electron chi connectivity index (χ3n) is 3.72. The summed E-state index contributed by atoms with van der Waals surface area (Å²) in [5, 5.41) is 9.36. The van der Waals surface area contributed by atoms with Gasteiger partial charge in [0.1, 0.15) is 12.4 Å². The van der Waals surface area contributed by atoms with Gasteiger partial charge in [-0.2, -0.15) is 0 Å². The quantitative estimate of drug-likeness (QED) is 0.899. The summed E-state index contributed by atoms with van der Waals surface area (Å²) >= 11 is 3.31. The van der Waals surface area contributed by atoms with Gasteiger partial charge in [0, 0.05) is 10.5 Å². The lowest BCUT2D eigenvalue weighted by Crippen LogP contribution is -2.52. The average molecular weight is 358 g/mol. The molecule has 1 N–H and O–H groups in total. The van der Waals surface area contributed by atoms with E-state index in [1.807, 2.05) is 0 Å². The first-order chi connectivity index (χ1) is 9.99. The topological polar surface area (TPSA) is 66.8 Å². The standard InChI is InChI=1S/C14H13BrFNO4/c15-10-4-1-7(16)5-9(10)12-13(14(19)20)21-6-11(18)17(12)8-2-3-8/h1,4-5,8,12-13H,2-3,6H2,(H,19,20). The molecule has 1 saturated heterocycles. The molecule has 0 spiro atoms. The molecule has 1 aliphatic carbocycles. The van der Waals surface area contributed by atoms with Crippen molar-refractivity contribution in [2.45, 2.75) is 31.0 Å². The van der Waals surface area contributed by atoms with Crippen LogP contribution in [0.5, 0.6) is 0 Å². The highest BCUT2D eigenvalue weighted by atomic mass is 79.9. The lowest BCUT2D eigenvalue weighted by molar-refractivity contribution is -0.174. The van der Waals surface area contributed by atoms with Crippen LogP contribution in [0.1, 0.15) is 24.4 Å². The number of benzene rings is 1. The molecule has 1 heterocycles. The van der Waals surface area contributed by atoms with Crippen molar-refractivity contribution in [1.82, 2.24) is 4.90 Å². The summed E-state index contributed by atoms with van der Waals surface area (Å²) in [5.41, 5.74) is 0.419. The summed E-state index contributed by atoms with van der Waals surface area (Å²) in [6, 6.07) is 3.23. The molecule has 3 rings (SSSR count). The van der Waals surface area contributed by atoms with Crippen molar-refractivity contribution < 1.29 is 23.8 Å². The van der Waals surface area contributed by atoms with Gasteiger partial charge in [0.15, 0.2) is 6.10 Å². The molecule has 21 heavy (non-hydrogen) atoms. The molecule has 0 radical (unpaired) electrons. The number of carboxylic acid groups (broad SMARTS) is 1. The first-order valence-electron chi connectivity index (χ1n) is 6.59. The molecule has 1 aliphatic heterocycles. The van der Waals surface area contributed by atoms with E-state index in [4.69, 9.17) is 4.74 Å². The molecular weight excluding hydrogens is 345 g/mol. The Morgan fingerprint density at radius 2 is 2.14 bits per heavy atom. The van der Waals surface area contributed by atoms with Gasteiger partial charge in [-0.15, -0.1) is 0 Å². The number of aliphatic carboxylic acids is 1. The van der Waals surface area contributed by atoms with E-state index in [0.29, 0.717) is 10.0 Å². The maximum Gasteiger partial charge on any atom is 0.335 e. The molecular formula is C14H13BrFNO4. The monoisotopic (exact) mass is 357 g/mol. The largest absolute Gasteiger partial charge is 0.479 e. The first kappa shape index (κ1) is 14.5. The molecule has 1 saturated carbocycles. The third-order valence-corrected chi connectivity index (χ3v) is 4.44. The van der Waals surface area contributed by atoms with E-state index >= 15 is 0 Å². The van der Waals surface area contributed by atoms with Gasteiger partial charge in [-0.05, 0) is 36.6 Å².